The maximum absolute atomic E-state index is 8.73. The zero-order valence-electron chi connectivity index (χ0n) is 7.01. The fraction of sp³-hybridized carbons (Fsp3) is 1.00. The molecule has 2 aliphatic heterocycles. The van der Waals surface area contributed by atoms with Gasteiger partial charge in [-0.2, -0.15) is 0 Å². The molecule has 2 N–H and O–H groups in total. The summed E-state index contributed by atoms with van der Waals surface area (Å²) >= 11 is -2.39. The molecule has 14 heavy (non-hydrogen) atoms. The van der Waals surface area contributed by atoms with E-state index in [1.807, 2.05) is 0 Å². The van der Waals surface area contributed by atoms with Crippen molar-refractivity contribution in [3.63, 3.8) is 0 Å². The van der Waals surface area contributed by atoms with Gasteiger partial charge in [0.2, 0.25) is 0 Å². The monoisotopic (exact) mass is 432 g/mol. The number of rotatable bonds is 4. The third-order valence-electron chi connectivity index (χ3n) is 2.27. The molecule has 0 aliphatic carbocycles. The van der Waals surface area contributed by atoms with Crippen LogP contribution >= 0.6 is 0 Å². The van der Waals surface area contributed by atoms with E-state index in [-0.39, 0.29) is 24.4 Å². The molecule has 0 amide bonds. The van der Waals surface area contributed by atoms with Crippen molar-refractivity contribution in [1.29, 1.82) is 0 Å². The Morgan fingerprint density at radius 3 is 1.71 bits per heavy atom. The number of hydrogen-bond acceptors (Lipinski definition) is 6. The van der Waals surface area contributed by atoms with Crippen molar-refractivity contribution >= 4 is 0 Å². The van der Waals surface area contributed by atoms with Gasteiger partial charge in [-0.05, 0) is 0 Å². The molecule has 0 aromatic rings. The molecule has 86 valence electrons. The first kappa shape index (κ1) is 11.7. The minimum absolute atomic E-state index is 0.151. The Kier molecular flexibility index (Phi) is 4.61. The second kappa shape index (κ2) is 5.52. The molecule has 6 nitrogen and oxygen atoms in total. The van der Waals surface area contributed by atoms with Crippen LogP contribution in [-0.2, 0) is 15.6 Å². The quantitative estimate of drug-likeness (QED) is 0.431. The van der Waals surface area contributed by atoms with Gasteiger partial charge in [0.15, 0.2) is 0 Å². The molecule has 0 saturated carbocycles. The summed E-state index contributed by atoms with van der Waals surface area (Å²) in [6, 6.07) is 0. The summed E-state index contributed by atoms with van der Waals surface area (Å²) in [5.74, 6) is 0. The third-order valence-corrected chi connectivity index (χ3v) is 4.03. The van der Waals surface area contributed by atoms with E-state index in [0.29, 0.717) is 13.2 Å². The zero-order chi connectivity index (χ0) is 9.97. The van der Waals surface area contributed by atoms with E-state index in [0.717, 1.165) is 0 Å². The maximum atomic E-state index is 8.73. The molecule has 2 rings (SSSR count). The predicted octanol–water partition coefficient (Wildman–Crippen LogP) is -7.62. The van der Waals surface area contributed by atoms with Crippen LogP contribution in [0.1, 0.15) is 0 Å². The van der Waals surface area contributed by atoms with Gasteiger partial charge < -0.3 is 0 Å². The van der Waals surface area contributed by atoms with Crippen LogP contribution in [0.3, 0.4) is 0 Å². The van der Waals surface area contributed by atoms with Gasteiger partial charge in [0.25, 0.3) is 0 Å². The van der Waals surface area contributed by atoms with E-state index in [1.54, 1.807) is 0 Å². The van der Waals surface area contributed by atoms with Gasteiger partial charge in [-0.25, -0.2) is 0 Å². The Balaban J connectivity index is 1.90. The molecule has 0 radical (unpaired) electrons. The van der Waals surface area contributed by atoms with E-state index >= 15 is 0 Å². The first-order valence-electron chi connectivity index (χ1n) is 3.98. The fourth-order valence-electron chi connectivity index (χ4n) is 1.68. The summed E-state index contributed by atoms with van der Waals surface area (Å²) in [6.45, 7) is 0.860. The van der Waals surface area contributed by atoms with Crippen LogP contribution < -0.4 is 44.1 Å². The van der Waals surface area contributed by atoms with E-state index < -0.39 is 44.1 Å². The molecule has 2 fully saturated rings. The van der Waals surface area contributed by atoms with Crippen molar-refractivity contribution in [3.8, 4) is 0 Å². The summed E-state index contributed by atoms with van der Waals surface area (Å²) in [6.07, 6.45) is -0.656. The first-order chi connectivity index (χ1) is 6.86. The van der Waals surface area contributed by atoms with Crippen molar-refractivity contribution in [2.45, 2.75) is 24.4 Å². The molecule has 4 atom stereocenters. The van der Waals surface area contributed by atoms with Crippen molar-refractivity contribution in [3.05, 3.63) is 0 Å². The van der Waals surface area contributed by atoms with E-state index in [2.05, 4.69) is 0 Å². The molecular formula is C6H10I2O6-2. The van der Waals surface area contributed by atoms with Gasteiger partial charge in [-0.1, -0.05) is 0 Å². The van der Waals surface area contributed by atoms with Crippen molar-refractivity contribution < 1.29 is 66.5 Å². The average Bonchev–Trinajstić information content (AvgIpc) is 2.72. The van der Waals surface area contributed by atoms with Crippen LogP contribution in [-0.4, -0.2) is 44.5 Å². The molecule has 0 aromatic carbocycles. The summed E-state index contributed by atoms with van der Waals surface area (Å²) in [4.78, 5) is 0. The Bertz CT molecular complexity index is 173. The Morgan fingerprint density at radius 2 is 1.36 bits per heavy atom. The van der Waals surface area contributed by atoms with Crippen molar-refractivity contribution in [2.75, 3.05) is 13.2 Å². The first-order valence-corrected chi connectivity index (χ1v) is 7.67. The Hall–Kier alpha value is 1.22. The topological polar surface area (TPSA) is 77.4 Å². The molecule has 0 spiro atoms. The standard InChI is InChI=1S/C6H10I2O6/c9-7-13-3-1-11-6-4(14-8-10)2-12-5(3)6/h3-6,9-10H,1-2H2/q-2/t3-,4+,5-,6-/m1/s1. The van der Waals surface area contributed by atoms with Crippen molar-refractivity contribution in [2.24, 2.45) is 0 Å². The van der Waals surface area contributed by atoms with Gasteiger partial charge in [0.05, 0.1) is 0 Å². The molecule has 2 saturated heterocycles. The molecule has 2 aliphatic rings. The molecule has 0 bridgehead atoms. The van der Waals surface area contributed by atoms with Crippen LogP contribution in [0.5, 0.6) is 0 Å². The number of halogens is 2. The average molecular weight is 432 g/mol. The fourth-order valence-corrected chi connectivity index (χ4v) is 3.14. The van der Waals surface area contributed by atoms with Crippen LogP contribution in [0, 0.1) is 0 Å². The van der Waals surface area contributed by atoms with E-state index in [9.17, 15) is 0 Å². The molecular weight excluding hydrogens is 422 g/mol. The molecule has 8 heteroatoms. The molecule has 0 unspecified atom stereocenters. The van der Waals surface area contributed by atoms with Gasteiger partial charge in [-0.3, -0.25) is 0 Å². The normalized spacial score (nSPS) is 42.1. The SMILES string of the molecule is O[I-]O[C@H]1CO[C@H]2[C@@H]1OC[C@H]2O[I-]O. The summed E-state index contributed by atoms with van der Waals surface area (Å²) in [5, 5.41) is 0. The second-order valence-electron chi connectivity index (χ2n) is 2.99. The van der Waals surface area contributed by atoms with Crippen LogP contribution in [0.25, 0.3) is 0 Å². The van der Waals surface area contributed by atoms with Gasteiger partial charge in [0, 0.05) is 0 Å². The summed E-state index contributed by atoms with van der Waals surface area (Å²) in [5.41, 5.74) is 0. The van der Waals surface area contributed by atoms with Gasteiger partial charge in [-0.15, -0.1) is 0 Å². The third kappa shape index (κ3) is 2.31. The van der Waals surface area contributed by atoms with Gasteiger partial charge >= 0.3 is 104 Å². The van der Waals surface area contributed by atoms with Crippen LogP contribution in [0.2, 0.25) is 0 Å². The zero-order valence-corrected chi connectivity index (χ0v) is 11.3. The predicted molar refractivity (Wildman–Crippen MR) is 33.7 cm³/mol. The van der Waals surface area contributed by atoms with Crippen molar-refractivity contribution in [1.82, 2.24) is 0 Å². The number of fused-ring (bicyclic) bond motifs is 1. The summed E-state index contributed by atoms with van der Waals surface area (Å²) < 4.78 is 38.6. The summed E-state index contributed by atoms with van der Waals surface area (Å²) in [7, 11) is 0. The Morgan fingerprint density at radius 1 is 0.929 bits per heavy atom. The van der Waals surface area contributed by atoms with Crippen LogP contribution in [0.15, 0.2) is 0 Å². The Labute approximate surface area is 104 Å². The van der Waals surface area contributed by atoms with Gasteiger partial charge in [0.1, 0.15) is 0 Å². The van der Waals surface area contributed by atoms with E-state index in [1.165, 1.54) is 0 Å². The second-order valence-corrected chi connectivity index (χ2v) is 4.79. The van der Waals surface area contributed by atoms with E-state index in [4.69, 9.17) is 22.5 Å². The minimum atomic E-state index is -1.20. The molecule has 2 heterocycles. The van der Waals surface area contributed by atoms with Crippen LogP contribution in [0.4, 0.5) is 0 Å². The molecule has 0 aromatic heterocycles. The number of ether oxygens (including phenoxy) is 2. The number of hydrogen-bond donors (Lipinski definition) is 2.